The summed E-state index contributed by atoms with van der Waals surface area (Å²) in [6.07, 6.45) is 0. The third kappa shape index (κ3) is 2.77. The molecule has 2 N–H and O–H groups in total. The number of likely N-dealkylation sites (tertiary alicyclic amines) is 1. The fourth-order valence-electron chi connectivity index (χ4n) is 3.30. The van der Waals surface area contributed by atoms with Gasteiger partial charge >= 0.3 is 6.03 Å². The number of hydrogen-bond acceptors (Lipinski definition) is 4. The molecule has 0 unspecified atom stereocenters. The molecule has 0 saturated carbocycles. The summed E-state index contributed by atoms with van der Waals surface area (Å²) in [7, 11) is 0. The van der Waals surface area contributed by atoms with Gasteiger partial charge in [0.25, 0.3) is 5.91 Å². The van der Waals surface area contributed by atoms with Crippen LogP contribution in [0.25, 0.3) is 0 Å². The van der Waals surface area contributed by atoms with Gasteiger partial charge in [-0.1, -0.05) is 6.07 Å². The highest BCUT2D eigenvalue weighted by atomic mass is 16.5. The van der Waals surface area contributed by atoms with E-state index in [0.717, 1.165) is 50.6 Å². The van der Waals surface area contributed by atoms with Crippen molar-refractivity contribution in [3.63, 3.8) is 0 Å². The van der Waals surface area contributed by atoms with E-state index in [1.54, 1.807) is 6.07 Å². The molecule has 3 heterocycles. The molecular formula is C16H20N4O3. The summed E-state index contributed by atoms with van der Waals surface area (Å²) < 4.78 is 5.36. The normalized spacial score (nSPS) is 21.9. The molecule has 7 nitrogen and oxygen atoms in total. The number of benzene rings is 1. The van der Waals surface area contributed by atoms with Crippen LogP contribution in [0.5, 0.6) is 0 Å². The maximum absolute atomic E-state index is 12.6. The molecule has 4 rings (SSSR count). The third-order valence-electron chi connectivity index (χ3n) is 4.76. The molecule has 0 radical (unpaired) electrons. The van der Waals surface area contributed by atoms with Gasteiger partial charge in [-0.25, -0.2) is 4.79 Å². The number of amides is 3. The largest absolute Gasteiger partial charge is 0.379 e. The number of anilines is 1. The Morgan fingerprint density at radius 1 is 1.22 bits per heavy atom. The van der Waals surface area contributed by atoms with Crippen LogP contribution < -0.4 is 10.6 Å². The molecule has 3 aliphatic heterocycles. The fourth-order valence-corrected chi connectivity index (χ4v) is 3.30. The van der Waals surface area contributed by atoms with E-state index in [9.17, 15) is 9.59 Å². The summed E-state index contributed by atoms with van der Waals surface area (Å²) in [6.45, 7) is 5.49. The van der Waals surface area contributed by atoms with Crippen LogP contribution in [0, 0.1) is 0 Å². The number of hydrogen-bond donors (Lipinski definition) is 2. The van der Waals surface area contributed by atoms with Gasteiger partial charge < -0.3 is 20.3 Å². The summed E-state index contributed by atoms with van der Waals surface area (Å²) in [4.78, 5) is 28.2. The van der Waals surface area contributed by atoms with Crippen molar-refractivity contribution in [3.05, 3.63) is 29.3 Å². The van der Waals surface area contributed by atoms with E-state index in [1.165, 1.54) is 0 Å². The monoisotopic (exact) mass is 316 g/mol. The third-order valence-corrected chi connectivity index (χ3v) is 4.76. The van der Waals surface area contributed by atoms with Crippen molar-refractivity contribution >= 4 is 17.6 Å². The van der Waals surface area contributed by atoms with E-state index in [0.29, 0.717) is 18.2 Å². The molecule has 3 aliphatic rings. The van der Waals surface area contributed by atoms with Gasteiger partial charge in [-0.05, 0) is 17.7 Å². The first-order valence-electron chi connectivity index (χ1n) is 7.99. The summed E-state index contributed by atoms with van der Waals surface area (Å²) in [6, 6.07) is 5.73. The second-order valence-electron chi connectivity index (χ2n) is 6.19. The first-order valence-corrected chi connectivity index (χ1v) is 7.99. The van der Waals surface area contributed by atoms with Gasteiger partial charge in [0.1, 0.15) is 0 Å². The molecule has 23 heavy (non-hydrogen) atoms. The van der Waals surface area contributed by atoms with Crippen molar-refractivity contribution in [2.45, 2.75) is 12.6 Å². The van der Waals surface area contributed by atoms with Crippen LogP contribution in [0.3, 0.4) is 0 Å². The Morgan fingerprint density at radius 3 is 2.78 bits per heavy atom. The number of nitrogens with one attached hydrogen (secondary N) is 2. The van der Waals surface area contributed by atoms with E-state index >= 15 is 0 Å². The number of rotatable bonds is 2. The van der Waals surface area contributed by atoms with Crippen LogP contribution in [0.15, 0.2) is 18.2 Å². The zero-order chi connectivity index (χ0) is 15.8. The highest BCUT2D eigenvalue weighted by molar-refractivity contribution is 5.98. The summed E-state index contributed by atoms with van der Waals surface area (Å²) in [5, 5.41) is 5.46. The molecule has 122 valence electrons. The first kappa shape index (κ1) is 14.5. The summed E-state index contributed by atoms with van der Waals surface area (Å²) in [5.41, 5.74) is 2.35. The summed E-state index contributed by atoms with van der Waals surface area (Å²) in [5.74, 6) is 0.0325. The quantitative estimate of drug-likeness (QED) is 0.832. The smallest absolute Gasteiger partial charge is 0.319 e. The van der Waals surface area contributed by atoms with Crippen LogP contribution in [-0.2, 0) is 11.3 Å². The molecule has 0 aliphatic carbocycles. The highest BCUT2D eigenvalue weighted by Gasteiger charge is 2.35. The number of carbonyl (C=O) groups excluding carboxylic acids is 2. The van der Waals surface area contributed by atoms with Crippen LogP contribution in [0.4, 0.5) is 10.5 Å². The molecule has 2 saturated heterocycles. The Balaban J connectivity index is 1.40. The SMILES string of the molecule is O=C1NCc2ccc(C(=O)N3CC(N4CCOCC4)C3)cc2N1. The van der Waals surface area contributed by atoms with Gasteiger partial charge in [0.2, 0.25) is 0 Å². The molecule has 0 bridgehead atoms. The fraction of sp³-hybridized carbons (Fsp3) is 0.500. The molecule has 1 aromatic carbocycles. The van der Waals surface area contributed by atoms with Crippen molar-refractivity contribution in [1.29, 1.82) is 0 Å². The van der Waals surface area contributed by atoms with Gasteiger partial charge in [0.05, 0.1) is 13.2 Å². The number of carbonyl (C=O) groups is 2. The second-order valence-corrected chi connectivity index (χ2v) is 6.19. The Hall–Kier alpha value is -2.12. The molecule has 1 aromatic rings. The highest BCUT2D eigenvalue weighted by Crippen LogP contribution is 2.24. The Morgan fingerprint density at radius 2 is 2.00 bits per heavy atom. The zero-order valence-corrected chi connectivity index (χ0v) is 12.9. The number of morpholine rings is 1. The number of ether oxygens (including phenoxy) is 1. The topological polar surface area (TPSA) is 73.9 Å². The van der Waals surface area contributed by atoms with Gasteiger partial charge in [-0.3, -0.25) is 9.69 Å². The number of nitrogens with zero attached hydrogens (tertiary/aromatic N) is 2. The van der Waals surface area contributed by atoms with E-state index in [2.05, 4.69) is 15.5 Å². The van der Waals surface area contributed by atoms with E-state index in [-0.39, 0.29) is 11.9 Å². The minimum atomic E-state index is -0.224. The van der Waals surface area contributed by atoms with E-state index in [1.807, 2.05) is 17.0 Å². The maximum Gasteiger partial charge on any atom is 0.319 e. The molecular weight excluding hydrogens is 296 g/mol. The zero-order valence-electron chi connectivity index (χ0n) is 12.9. The molecule has 3 amide bonds. The lowest BCUT2D eigenvalue weighted by molar-refractivity contribution is -0.0256. The van der Waals surface area contributed by atoms with Gasteiger partial charge in [0.15, 0.2) is 0 Å². The van der Waals surface area contributed by atoms with Gasteiger partial charge in [-0.2, -0.15) is 0 Å². The lowest BCUT2D eigenvalue weighted by Gasteiger charge is -2.46. The van der Waals surface area contributed by atoms with Crippen LogP contribution in [0.1, 0.15) is 15.9 Å². The molecule has 0 aromatic heterocycles. The van der Waals surface area contributed by atoms with Crippen LogP contribution >= 0.6 is 0 Å². The van der Waals surface area contributed by atoms with Crippen molar-refractivity contribution in [2.75, 3.05) is 44.7 Å². The van der Waals surface area contributed by atoms with Crippen molar-refractivity contribution in [1.82, 2.24) is 15.1 Å². The standard InChI is InChI=1S/C16H20N4O3/c21-15(20-9-13(10-20)19-3-5-23-6-4-19)11-1-2-12-8-17-16(22)18-14(12)7-11/h1-2,7,13H,3-6,8-10H2,(H2,17,18,22). The number of fused-ring (bicyclic) bond motifs is 1. The van der Waals surface area contributed by atoms with Crippen molar-refractivity contribution in [3.8, 4) is 0 Å². The molecule has 2 fully saturated rings. The summed E-state index contributed by atoms with van der Waals surface area (Å²) >= 11 is 0. The maximum atomic E-state index is 12.6. The van der Waals surface area contributed by atoms with Crippen molar-refractivity contribution in [2.24, 2.45) is 0 Å². The average molecular weight is 316 g/mol. The Kier molecular flexibility index (Phi) is 3.66. The van der Waals surface area contributed by atoms with Crippen LogP contribution in [0.2, 0.25) is 0 Å². The van der Waals surface area contributed by atoms with Gasteiger partial charge in [-0.15, -0.1) is 0 Å². The van der Waals surface area contributed by atoms with E-state index in [4.69, 9.17) is 4.74 Å². The predicted molar refractivity (Wildman–Crippen MR) is 84.4 cm³/mol. The van der Waals surface area contributed by atoms with Crippen LogP contribution in [-0.4, -0.2) is 67.2 Å². The minimum Gasteiger partial charge on any atom is -0.379 e. The van der Waals surface area contributed by atoms with E-state index < -0.39 is 0 Å². The lowest BCUT2D eigenvalue weighted by Crippen LogP contribution is -2.62. The Labute approximate surface area is 134 Å². The van der Waals surface area contributed by atoms with Gasteiger partial charge in [0, 0.05) is 50.0 Å². The average Bonchev–Trinajstić information content (AvgIpc) is 2.53. The second kappa shape index (κ2) is 5.82. The molecule has 0 atom stereocenters. The Bertz CT molecular complexity index is 636. The lowest BCUT2D eigenvalue weighted by atomic mass is 10.0. The first-order chi connectivity index (χ1) is 11.2. The minimum absolute atomic E-state index is 0.0325. The van der Waals surface area contributed by atoms with Crippen molar-refractivity contribution < 1.29 is 14.3 Å². The molecule has 7 heteroatoms. The predicted octanol–water partition coefficient (Wildman–Crippen LogP) is 0.478. The number of urea groups is 1. The molecule has 0 spiro atoms.